The maximum absolute atomic E-state index is 14.2. The van der Waals surface area contributed by atoms with Gasteiger partial charge in [-0.1, -0.05) is 18.2 Å². The topological polar surface area (TPSA) is 87.3 Å². The summed E-state index contributed by atoms with van der Waals surface area (Å²) in [6, 6.07) is 19.3. The van der Waals surface area contributed by atoms with Crippen molar-refractivity contribution in [3.8, 4) is 0 Å². The Balaban J connectivity index is 1.75. The average molecular weight is 428 g/mol. The lowest BCUT2D eigenvalue weighted by molar-refractivity contribution is 0.102. The summed E-state index contributed by atoms with van der Waals surface area (Å²) in [5.41, 5.74) is 1.84. The summed E-state index contributed by atoms with van der Waals surface area (Å²) in [6.07, 6.45) is 0. The maximum atomic E-state index is 14.2. The summed E-state index contributed by atoms with van der Waals surface area (Å²) in [5, 5.41) is 5.81. The largest absolute Gasteiger partial charge is 0.356 e. The molecule has 3 N–H and O–H groups in total. The van der Waals surface area contributed by atoms with Gasteiger partial charge in [-0.2, -0.15) is 0 Å². The van der Waals surface area contributed by atoms with Crippen molar-refractivity contribution in [1.29, 1.82) is 0 Å². The predicted molar refractivity (Wildman–Crippen MR) is 116 cm³/mol. The third-order valence-corrected chi connectivity index (χ3v) is 5.75. The third-order valence-electron chi connectivity index (χ3n) is 4.09. The third kappa shape index (κ3) is 5.43. The summed E-state index contributed by atoms with van der Waals surface area (Å²) in [6.45, 7) is 3.34. The van der Waals surface area contributed by atoms with Crippen molar-refractivity contribution >= 4 is 33.0 Å². The fraction of sp³-hybridized carbons (Fsp3) is 0.136. The molecule has 0 heterocycles. The van der Waals surface area contributed by atoms with Crippen molar-refractivity contribution in [3.63, 3.8) is 0 Å². The fourth-order valence-electron chi connectivity index (χ4n) is 2.75. The van der Waals surface area contributed by atoms with E-state index in [-0.39, 0.29) is 16.5 Å². The molecule has 6 nitrogen and oxygen atoms in total. The molecule has 0 spiro atoms. The van der Waals surface area contributed by atoms with Crippen LogP contribution in [-0.4, -0.2) is 20.4 Å². The smallest absolute Gasteiger partial charge is 0.258 e. The van der Waals surface area contributed by atoms with Crippen LogP contribution < -0.4 is 15.4 Å². The van der Waals surface area contributed by atoms with Gasteiger partial charge in [-0.15, -0.1) is 0 Å². The number of amides is 1. The molecule has 1 amide bonds. The van der Waals surface area contributed by atoms with E-state index in [2.05, 4.69) is 15.4 Å². The Morgan fingerprint density at radius 3 is 2.10 bits per heavy atom. The highest BCUT2D eigenvalue weighted by Gasteiger charge is 2.20. The molecule has 156 valence electrons. The summed E-state index contributed by atoms with van der Waals surface area (Å²) in [5.74, 6) is -1.55. The van der Waals surface area contributed by atoms with Crippen LogP contribution >= 0.6 is 0 Å². The Morgan fingerprint density at radius 1 is 0.867 bits per heavy atom. The number of carbonyl (C=O) groups is 1. The van der Waals surface area contributed by atoms with Crippen LogP contribution in [-0.2, 0) is 10.0 Å². The van der Waals surface area contributed by atoms with Gasteiger partial charge in [0.05, 0.1) is 10.5 Å². The molecule has 0 aromatic heterocycles. The second-order valence-electron chi connectivity index (χ2n) is 6.94. The predicted octanol–water partition coefficient (Wildman–Crippen LogP) is 4.51. The van der Waals surface area contributed by atoms with Gasteiger partial charge in [-0.3, -0.25) is 4.79 Å². The standard InChI is InChI=1S/C22H22FN3O3S/c1-15(2)26-30(28,29)19-12-13-21(23)20(14-19)22(27)25-18-10-8-17(9-11-18)24-16-6-4-3-5-7-16/h3-15,24,26H,1-2H3,(H,25,27). The highest BCUT2D eigenvalue weighted by atomic mass is 32.2. The molecule has 0 fully saturated rings. The van der Waals surface area contributed by atoms with Crippen LogP contribution in [0.2, 0.25) is 0 Å². The quantitative estimate of drug-likeness (QED) is 0.518. The second-order valence-corrected chi connectivity index (χ2v) is 8.65. The number of benzene rings is 3. The zero-order valence-corrected chi connectivity index (χ0v) is 17.3. The lowest BCUT2D eigenvalue weighted by atomic mass is 10.2. The van der Waals surface area contributed by atoms with E-state index in [0.717, 1.165) is 29.6 Å². The van der Waals surface area contributed by atoms with Crippen LogP contribution in [0, 0.1) is 5.82 Å². The van der Waals surface area contributed by atoms with Crippen LogP contribution in [0.5, 0.6) is 0 Å². The highest BCUT2D eigenvalue weighted by Crippen LogP contribution is 2.21. The Morgan fingerprint density at radius 2 is 1.47 bits per heavy atom. The van der Waals surface area contributed by atoms with Crippen molar-refractivity contribution in [2.45, 2.75) is 24.8 Å². The maximum Gasteiger partial charge on any atom is 0.258 e. The first-order valence-electron chi connectivity index (χ1n) is 9.30. The second kappa shape index (κ2) is 9.06. The van der Waals surface area contributed by atoms with Crippen molar-refractivity contribution in [2.75, 3.05) is 10.6 Å². The van der Waals surface area contributed by atoms with E-state index in [0.29, 0.717) is 5.69 Å². The molecule has 0 aliphatic carbocycles. The number of hydrogen-bond donors (Lipinski definition) is 3. The van der Waals surface area contributed by atoms with Gasteiger partial charge in [-0.05, 0) is 68.4 Å². The summed E-state index contributed by atoms with van der Waals surface area (Å²) in [4.78, 5) is 12.4. The zero-order valence-electron chi connectivity index (χ0n) is 16.5. The average Bonchev–Trinajstić information content (AvgIpc) is 2.69. The molecule has 0 aliphatic rings. The number of anilines is 3. The zero-order chi connectivity index (χ0) is 21.7. The Bertz CT molecular complexity index is 1130. The number of carbonyl (C=O) groups excluding carboxylic acids is 1. The van der Waals surface area contributed by atoms with E-state index in [1.54, 1.807) is 38.1 Å². The van der Waals surface area contributed by atoms with E-state index in [4.69, 9.17) is 0 Å². The van der Waals surface area contributed by atoms with Crippen molar-refractivity contribution in [1.82, 2.24) is 4.72 Å². The van der Waals surface area contributed by atoms with Gasteiger partial charge in [0.25, 0.3) is 5.91 Å². The van der Waals surface area contributed by atoms with E-state index in [1.165, 1.54) is 0 Å². The number of para-hydroxylation sites is 1. The number of halogens is 1. The number of hydrogen-bond acceptors (Lipinski definition) is 4. The van der Waals surface area contributed by atoms with E-state index < -0.39 is 21.7 Å². The molecule has 30 heavy (non-hydrogen) atoms. The molecule has 0 unspecified atom stereocenters. The molecule has 0 saturated heterocycles. The number of sulfonamides is 1. The SMILES string of the molecule is CC(C)NS(=O)(=O)c1ccc(F)c(C(=O)Nc2ccc(Nc3ccccc3)cc2)c1. The molecule has 0 atom stereocenters. The molecule has 0 radical (unpaired) electrons. The van der Waals surface area contributed by atoms with Crippen LogP contribution in [0.15, 0.2) is 77.7 Å². The lowest BCUT2D eigenvalue weighted by Gasteiger charge is -2.12. The molecule has 0 bridgehead atoms. The van der Waals surface area contributed by atoms with Crippen molar-refractivity contribution < 1.29 is 17.6 Å². The first-order chi connectivity index (χ1) is 14.2. The van der Waals surface area contributed by atoms with Gasteiger partial charge in [0, 0.05) is 23.1 Å². The Hall–Kier alpha value is -3.23. The van der Waals surface area contributed by atoms with Crippen LogP contribution in [0.25, 0.3) is 0 Å². The van der Waals surface area contributed by atoms with Crippen molar-refractivity contribution in [3.05, 3.63) is 84.2 Å². The van der Waals surface area contributed by atoms with Gasteiger partial charge in [0.2, 0.25) is 10.0 Å². The molecule has 0 aliphatic heterocycles. The Labute approximate surface area is 175 Å². The first-order valence-corrected chi connectivity index (χ1v) is 10.8. The molecule has 8 heteroatoms. The van der Waals surface area contributed by atoms with Crippen LogP contribution in [0.4, 0.5) is 21.5 Å². The lowest BCUT2D eigenvalue weighted by Crippen LogP contribution is -2.30. The minimum atomic E-state index is -3.85. The van der Waals surface area contributed by atoms with Gasteiger partial charge in [0.1, 0.15) is 5.82 Å². The van der Waals surface area contributed by atoms with Crippen LogP contribution in [0.1, 0.15) is 24.2 Å². The fourth-order valence-corrected chi connectivity index (χ4v) is 4.02. The van der Waals surface area contributed by atoms with Gasteiger partial charge < -0.3 is 10.6 Å². The van der Waals surface area contributed by atoms with Crippen molar-refractivity contribution in [2.24, 2.45) is 0 Å². The summed E-state index contributed by atoms with van der Waals surface area (Å²) in [7, 11) is -3.85. The number of nitrogens with one attached hydrogen (secondary N) is 3. The molecule has 3 rings (SSSR count). The highest BCUT2D eigenvalue weighted by molar-refractivity contribution is 7.89. The Kier molecular flexibility index (Phi) is 6.49. The van der Waals surface area contributed by atoms with Gasteiger partial charge in [-0.25, -0.2) is 17.5 Å². The molecular weight excluding hydrogens is 405 g/mol. The van der Waals surface area contributed by atoms with Gasteiger partial charge in [0.15, 0.2) is 0 Å². The molecule has 3 aromatic rings. The van der Waals surface area contributed by atoms with E-state index in [1.807, 2.05) is 30.3 Å². The monoisotopic (exact) mass is 427 g/mol. The molecular formula is C22H22FN3O3S. The van der Waals surface area contributed by atoms with Gasteiger partial charge >= 0.3 is 0 Å². The number of rotatable bonds is 7. The normalized spacial score (nSPS) is 11.3. The van der Waals surface area contributed by atoms with E-state index >= 15 is 0 Å². The first kappa shape index (κ1) is 21.5. The van der Waals surface area contributed by atoms with Crippen LogP contribution in [0.3, 0.4) is 0 Å². The minimum Gasteiger partial charge on any atom is -0.356 e. The summed E-state index contributed by atoms with van der Waals surface area (Å²) < 4.78 is 41.2. The summed E-state index contributed by atoms with van der Waals surface area (Å²) >= 11 is 0. The molecule has 0 saturated carbocycles. The van der Waals surface area contributed by atoms with E-state index in [9.17, 15) is 17.6 Å². The minimum absolute atomic E-state index is 0.176. The molecule has 3 aromatic carbocycles.